The fraction of sp³-hybridized carbons (Fsp3) is 0.444. The molecule has 1 aliphatic rings. The molecule has 1 aliphatic carbocycles. The van der Waals surface area contributed by atoms with Crippen molar-refractivity contribution in [2.24, 2.45) is 11.8 Å². The molecule has 0 saturated heterocycles. The van der Waals surface area contributed by atoms with Crippen molar-refractivity contribution >= 4 is 34.2 Å². The van der Waals surface area contributed by atoms with Crippen molar-refractivity contribution in [2.45, 2.75) is 59.0 Å². The molecule has 0 radical (unpaired) electrons. The van der Waals surface area contributed by atoms with Gasteiger partial charge in [-0.25, -0.2) is 9.97 Å². The number of rotatable bonds is 11. The summed E-state index contributed by atoms with van der Waals surface area (Å²) in [6, 6.07) is 6.82. The van der Waals surface area contributed by atoms with E-state index in [4.69, 9.17) is 0 Å². The van der Waals surface area contributed by atoms with Crippen molar-refractivity contribution in [2.75, 3.05) is 11.4 Å². The van der Waals surface area contributed by atoms with E-state index in [1.54, 1.807) is 17.5 Å². The number of amides is 3. The van der Waals surface area contributed by atoms with Gasteiger partial charge in [-0.15, -0.1) is 11.3 Å². The molecule has 3 amide bonds. The number of nitrogens with one attached hydrogen (secondary N) is 3. The maximum absolute atomic E-state index is 12.9. The number of hydrazine groups is 1. The third-order valence-corrected chi connectivity index (χ3v) is 6.90. The molecular formula is C27H35N7O3S. The van der Waals surface area contributed by atoms with Crippen LogP contribution in [0.2, 0.25) is 0 Å². The fourth-order valence-electron chi connectivity index (χ4n) is 4.04. The van der Waals surface area contributed by atoms with Crippen LogP contribution in [0.25, 0.3) is 5.82 Å². The van der Waals surface area contributed by atoms with E-state index in [0.29, 0.717) is 29.8 Å². The number of pyridine rings is 1. The van der Waals surface area contributed by atoms with Gasteiger partial charge in [-0.2, -0.15) is 0 Å². The van der Waals surface area contributed by atoms with Crippen LogP contribution in [-0.4, -0.2) is 50.9 Å². The first-order valence-electron chi connectivity index (χ1n) is 12.9. The lowest BCUT2D eigenvalue weighted by Gasteiger charge is -2.23. The number of anilines is 1. The van der Waals surface area contributed by atoms with E-state index in [-0.39, 0.29) is 11.6 Å². The zero-order chi connectivity index (χ0) is 27.2. The molecule has 202 valence electrons. The van der Waals surface area contributed by atoms with Crippen LogP contribution in [0.5, 0.6) is 0 Å². The summed E-state index contributed by atoms with van der Waals surface area (Å²) in [5, 5.41) is 5.29. The SMILES string of the molecule is CC(C)CC(NC(=O)c1ccc(-n2cccc2)nc1)C(=O)NNC(=O)c1csc(N(CC(C)C)C2CC2)n1. The smallest absolute Gasteiger partial charge is 0.289 e. The minimum absolute atomic E-state index is 0.131. The quantitative estimate of drug-likeness (QED) is 0.322. The van der Waals surface area contributed by atoms with Crippen LogP contribution >= 0.6 is 11.3 Å². The predicted octanol–water partition coefficient (Wildman–Crippen LogP) is 3.56. The molecule has 1 saturated carbocycles. The average molecular weight is 538 g/mol. The average Bonchev–Trinajstić information content (AvgIpc) is 3.36. The number of thiazole rings is 1. The van der Waals surface area contributed by atoms with E-state index in [2.05, 4.69) is 44.9 Å². The van der Waals surface area contributed by atoms with Crippen molar-refractivity contribution in [1.29, 1.82) is 0 Å². The molecule has 4 rings (SSSR count). The van der Waals surface area contributed by atoms with Gasteiger partial charge < -0.3 is 14.8 Å². The number of carbonyl (C=O) groups is 3. The Balaban J connectivity index is 1.34. The second kappa shape index (κ2) is 12.2. The first kappa shape index (κ1) is 27.3. The number of carbonyl (C=O) groups excluding carboxylic acids is 3. The maximum atomic E-state index is 12.9. The summed E-state index contributed by atoms with van der Waals surface area (Å²) in [5.41, 5.74) is 5.49. The first-order valence-corrected chi connectivity index (χ1v) is 13.8. The molecule has 0 bridgehead atoms. The highest BCUT2D eigenvalue weighted by molar-refractivity contribution is 7.14. The Bertz CT molecular complexity index is 1230. The Morgan fingerprint density at radius 3 is 2.39 bits per heavy atom. The molecule has 3 aromatic rings. The number of hydrogen-bond donors (Lipinski definition) is 3. The van der Waals surface area contributed by atoms with E-state index in [9.17, 15) is 14.4 Å². The maximum Gasteiger partial charge on any atom is 0.289 e. The highest BCUT2D eigenvalue weighted by Gasteiger charge is 2.32. The third kappa shape index (κ3) is 7.18. The lowest BCUT2D eigenvalue weighted by atomic mass is 10.0. The molecule has 3 aromatic heterocycles. The topological polar surface area (TPSA) is 121 Å². The highest BCUT2D eigenvalue weighted by atomic mass is 32.1. The fourth-order valence-corrected chi connectivity index (χ4v) is 4.92. The Kier molecular flexibility index (Phi) is 8.77. The van der Waals surface area contributed by atoms with Gasteiger partial charge in [-0.1, -0.05) is 27.7 Å². The molecule has 0 aromatic carbocycles. The van der Waals surface area contributed by atoms with E-state index in [1.165, 1.54) is 17.5 Å². The molecule has 0 aliphatic heterocycles. The summed E-state index contributed by atoms with van der Waals surface area (Å²) in [6.07, 6.45) is 7.87. The summed E-state index contributed by atoms with van der Waals surface area (Å²) in [6.45, 7) is 9.12. The van der Waals surface area contributed by atoms with Crippen LogP contribution in [0.4, 0.5) is 5.13 Å². The Morgan fingerprint density at radius 1 is 1.05 bits per heavy atom. The summed E-state index contributed by atoms with van der Waals surface area (Å²) in [5.74, 6) is -0.130. The van der Waals surface area contributed by atoms with E-state index < -0.39 is 23.8 Å². The molecule has 1 unspecified atom stereocenters. The molecule has 1 atom stereocenters. The molecule has 38 heavy (non-hydrogen) atoms. The van der Waals surface area contributed by atoms with Crippen LogP contribution in [0.1, 0.15) is 67.8 Å². The molecule has 11 heteroatoms. The molecule has 10 nitrogen and oxygen atoms in total. The van der Waals surface area contributed by atoms with E-state index in [1.807, 2.05) is 42.9 Å². The monoisotopic (exact) mass is 537 g/mol. The summed E-state index contributed by atoms with van der Waals surface area (Å²) < 4.78 is 1.83. The third-order valence-electron chi connectivity index (χ3n) is 6.03. The van der Waals surface area contributed by atoms with Gasteiger partial charge in [0.05, 0.1) is 5.56 Å². The van der Waals surface area contributed by atoms with Gasteiger partial charge in [0.1, 0.15) is 17.6 Å². The van der Waals surface area contributed by atoms with Crippen LogP contribution < -0.4 is 21.1 Å². The largest absolute Gasteiger partial charge is 0.345 e. The second-order valence-corrected chi connectivity index (χ2v) is 11.2. The van der Waals surface area contributed by atoms with Gasteiger partial charge in [0.15, 0.2) is 5.13 Å². The summed E-state index contributed by atoms with van der Waals surface area (Å²) in [7, 11) is 0. The normalized spacial score (nSPS) is 13.8. The van der Waals surface area contributed by atoms with Gasteiger partial charge in [-0.05, 0) is 55.4 Å². The van der Waals surface area contributed by atoms with Crippen LogP contribution in [-0.2, 0) is 4.79 Å². The molecule has 1 fully saturated rings. The zero-order valence-electron chi connectivity index (χ0n) is 22.2. The number of nitrogens with zero attached hydrogens (tertiary/aromatic N) is 4. The van der Waals surface area contributed by atoms with Crippen molar-refractivity contribution in [3.05, 3.63) is 59.5 Å². The standard InChI is InChI=1S/C27H35N7O3S/c1-17(2)13-21(29-24(35)19-7-10-23(28-14-19)33-11-5-6-12-33)25(36)31-32-26(37)22-16-38-27(30-22)34(15-18(3)4)20-8-9-20/h5-7,10-12,14,16-18,20-21H,8-9,13,15H2,1-4H3,(H,29,35)(H,31,36)(H,32,37). The van der Waals surface area contributed by atoms with Gasteiger partial charge in [0, 0.05) is 36.6 Å². The van der Waals surface area contributed by atoms with Crippen molar-refractivity contribution in [3.63, 3.8) is 0 Å². The second-order valence-electron chi connectivity index (χ2n) is 10.4. The minimum atomic E-state index is -0.839. The lowest BCUT2D eigenvalue weighted by molar-refractivity contribution is -0.124. The first-order chi connectivity index (χ1) is 18.2. The molecular weight excluding hydrogens is 502 g/mol. The van der Waals surface area contributed by atoms with Gasteiger partial charge >= 0.3 is 0 Å². The lowest BCUT2D eigenvalue weighted by Crippen LogP contribution is -2.52. The van der Waals surface area contributed by atoms with E-state index >= 15 is 0 Å². The van der Waals surface area contributed by atoms with Crippen molar-refractivity contribution < 1.29 is 14.4 Å². The summed E-state index contributed by atoms with van der Waals surface area (Å²) >= 11 is 1.43. The Labute approximate surface area is 226 Å². The number of aromatic nitrogens is 3. The molecule has 0 spiro atoms. The van der Waals surface area contributed by atoms with Crippen molar-refractivity contribution in [3.8, 4) is 5.82 Å². The zero-order valence-corrected chi connectivity index (χ0v) is 23.0. The van der Waals surface area contributed by atoms with Crippen LogP contribution in [0.15, 0.2) is 48.2 Å². The van der Waals surface area contributed by atoms with E-state index in [0.717, 1.165) is 24.5 Å². The molecule has 3 N–H and O–H groups in total. The number of hydrogen-bond acceptors (Lipinski definition) is 7. The van der Waals surface area contributed by atoms with Crippen molar-refractivity contribution in [1.82, 2.24) is 30.7 Å². The Hall–Kier alpha value is -3.73. The molecule has 3 heterocycles. The van der Waals surface area contributed by atoms with Gasteiger partial charge in [-0.3, -0.25) is 25.2 Å². The summed E-state index contributed by atoms with van der Waals surface area (Å²) in [4.78, 5) is 49.6. The Morgan fingerprint density at radius 2 is 1.79 bits per heavy atom. The highest BCUT2D eigenvalue weighted by Crippen LogP contribution is 2.34. The van der Waals surface area contributed by atoms with Crippen LogP contribution in [0, 0.1) is 11.8 Å². The van der Waals surface area contributed by atoms with Gasteiger partial charge in [0.2, 0.25) is 0 Å². The minimum Gasteiger partial charge on any atom is -0.345 e. The van der Waals surface area contributed by atoms with Gasteiger partial charge in [0.25, 0.3) is 17.7 Å². The van der Waals surface area contributed by atoms with Crippen LogP contribution in [0.3, 0.4) is 0 Å². The predicted molar refractivity (Wildman–Crippen MR) is 147 cm³/mol.